The molecule has 0 bridgehead atoms. The highest BCUT2D eigenvalue weighted by Crippen LogP contribution is 2.36. The zero-order valence-electron chi connectivity index (χ0n) is 19.3. The smallest absolute Gasteiger partial charge is 0.261 e. The van der Waals surface area contributed by atoms with E-state index in [0.29, 0.717) is 17.7 Å². The minimum Gasteiger partial charge on any atom is -0.360 e. The Morgan fingerprint density at radius 1 is 0.839 bits per heavy atom. The van der Waals surface area contributed by atoms with Gasteiger partial charge in [-0.25, -0.2) is 0 Å². The number of anilines is 1. The zero-order chi connectivity index (χ0) is 22.0. The molecular weight excluding hydrogens is 386 g/mol. The van der Waals surface area contributed by atoms with E-state index < -0.39 is 0 Å². The maximum absolute atomic E-state index is 13.2. The number of piperazine rings is 1. The molecule has 2 aliphatic heterocycles. The van der Waals surface area contributed by atoms with Gasteiger partial charge in [0.1, 0.15) is 0 Å². The average Bonchev–Trinajstić information content (AvgIpc) is 2.76. The van der Waals surface area contributed by atoms with Crippen molar-refractivity contribution in [3.8, 4) is 0 Å². The summed E-state index contributed by atoms with van der Waals surface area (Å²) in [6.07, 6.45) is 6.83. The van der Waals surface area contributed by atoms with Gasteiger partial charge >= 0.3 is 0 Å². The van der Waals surface area contributed by atoms with Crippen molar-refractivity contribution in [2.45, 2.75) is 45.4 Å². The van der Waals surface area contributed by atoms with Crippen LogP contribution in [-0.2, 0) is 0 Å². The molecule has 2 heterocycles. The summed E-state index contributed by atoms with van der Waals surface area (Å²) in [5.41, 5.74) is 2.49. The van der Waals surface area contributed by atoms with E-state index in [0.717, 1.165) is 60.0 Å². The Balaban J connectivity index is 1.57. The molecular formula is C26H36N3O2+. The van der Waals surface area contributed by atoms with Gasteiger partial charge in [-0.05, 0) is 24.6 Å². The van der Waals surface area contributed by atoms with Crippen molar-refractivity contribution in [1.82, 2.24) is 4.90 Å². The Hall–Kier alpha value is -2.40. The molecule has 2 aromatic rings. The molecule has 2 amide bonds. The fourth-order valence-electron chi connectivity index (χ4n) is 4.91. The normalized spacial score (nSPS) is 18.2. The molecule has 1 fully saturated rings. The molecule has 0 radical (unpaired) electrons. The van der Waals surface area contributed by atoms with Crippen molar-refractivity contribution < 1.29 is 14.1 Å². The predicted molar refractivity (Wildman–Crippen MR) is 127 cm³/mol. The minimum atomic E-state index is -0.134. The van der Waals surface area contributed by atoms with Crippen LogP contribution in [0, 0.1) is 0 Å². The standard InChI is InChI=1S/C26H36N3O2/c1-4-5-6-7-8-9-15-28-25(30)21-12-10-11-20-23(14-13-22(24(20)21)26(28)31)27-16-18-29(2,3)19-17-27/h10-14H,4-9,15-19H2,1-3H3/q+1. The van der Waals surface area contributed by atoms with Crippen molar-refractivity contribution in [2.24, 2.45) is 0 Å². The number of nitrogens with zero attached hydrogens (tertiary/aromatic N) is 3. The number of benzene rings is 2. The lowest BCUT2D eigenvalue weighted by atomic mass is 9.92. The van der Waals surface area contributed by atoms with Crippen LogP contribution < -0.4 is 4.90 Å². The Bertz CT molecular complexity index is 950. The van der Waals surface area contributed by atoms with Gasteiger partial charge in [-0.3, -0.25) is 14.5 Å². The number of amides is 2. The highest BCUT2D eigenvalue weighted by molar-refractivity contribution is 6.26. The first-order valence-corrected chi connectivity index (χ1v) is 11.9. The second-order valence-corrected chi connectivity index (χ2v) is 9.76. The second kappa shape index (κ2) is 8.99. The molecule has 5 heteroatoms. The van der Waals surface area contributed by atoms with Gasteiger partial charge in [-0.15, -0.1) is 0 Å². The van der Waals surface area contributed by atoms with Crippen LogP contribution in [0.1, 0.15) is 66.2 Å². The summed E-state index contributed by atoms with van der Waals surface area (Å²) in [7, 11) is 4.54. The lowest BCUT2D eigenvalue weighted by Gasteiger charge is -2.40. The van der Waals surface area contributed by atoms with Gasteiger partial charge in [-0.2, -0.15) is 0 Å². The monoisotopic (exact) mass is 422 g/mol. The van der Waals surface area contributed by atoms with Crippen LogP contribution in [0.4, 0.5) is 5.69 Å². The molecule has 1 saturated heterocycles. The largest absolute Gasteiger partial charge is 0.360 e. The fourth-order valence-corrected chi connectivity index (χ4v) is 4.91. The number of imide groups is 1. The number of carbonyl (C=O) groups is 2. The number of hydrogen-bond acceptors (Lipinski definition) is 3. The molecule has 2 aromatic carbocycles. The summed E-state index contributed by atoms with van der Waals surface area (Å²) in [5, 5.41) is 1.87. The van der Waals surface area contributed by atoms with Crippen LogP contribution in [0.2, 0.25) is 0 Å². The van der Waals surface area contributed by atoms with E-state index in [1.54, 1.807) is 0 Å². The third-order valence-electron chi connectivity index (χ3n) is 7.00. The van der Waals surface area contributed by atoms with Crippen LogP contribution >= 0.6 is 0 Å². The molecule has 166 valence electrons. The van der Waals surface area contributed by atoms with Crippen molar-refractivity contribution in [3.63, 3.8) is 0 Å². The van der Waals surface area contributed by atoms with E-state index in [1.165, 1.54) is 30.6 Å². The highest BCUT2D eigenvalue weighted by atomic mass is 16.2. The van der Waals surface area contributed by atoms with Gasteiger partial charge in [-0.1, -0.05) is 51.2 Å². The minimum absolute atomic E-state index is 0.134. The number of unbranched alkanes of at least 4 members (excludes halogenated alkanes) is 5. The highest BCUT2D eigenvalue weighted by Gasteiger charge is 2.34. The van der Waals surface area contributed by atoms with E-state index in [-0.39, 0.29) is 11.8 Å². The average molecular weight is 423 g/mol. The number of rotatable bonds is 8. The molecule has 0 aliphatic carbocycles. The summed E-state index contributed by atoms with van der Waals surface area (Å²) < 4.78 is 1.03. The first kappa shape index (κ1) is 21.8. The van der Waals surface area contributed by atoms with E-state index in [9.17, 15) is 9.59 Å². The lowest BCUT2D eigenvalue weighted by molar-refractivity contribution is -0.890. The molecule has 5 nitrogen and oxygen atoms in total. The molecule has 4 rings (SSSR count). The number of quaternary nitrogens is 1. The van der Waals surface area contributed by atoms with Crippen LogP contribution in [0.5, 0.6) is 0 Å². The van der Waals surface area contributed by atoms with E-state index in [1.807, 2.05) is 18.2 Å². The third-order valence-corrected chi connectivity index (χ3v) is 7.00. The molecule has 0 atom stereocenters. The Kier molecular flexibility index (Phi) is 6.33. The van der Waals surface area contributed by atoms with E-state index in [4.69, 9.17) is 0 Å². The van der Waals surface area contributed by atoms with E-state index >= 15 is 0 Å². The van der Waals surface area contributed by atoms with Crippen molar-refractivity contribution in [2.75, 3.05) is 51.7 Å². The van der Waals surface area contributed by atoms with Crippen LogP contribution in [-0.4, -0.2) is 68.0 Å². The van der Waals surface area contributed by atoms with Crippen molar-refractivity contribution in [1.29, 1.82) is 0 Å². The summed E-state index contributed by atoms with van der Waals surface area (Å²) in [4.78, 5) is 30.4. The first-order valence-electron chi connectivity index (χ1n) is 11.9. The fraction of sp³-hybridized carbons (Fsp3) is 0.538. The number of hydrogen-bond donors (Lipinski definition) is 0. The summed E-state index contributed by atoms with van der Waals surface area (Å²) in [5.74, 6) is -0.268. The molecule has 0 saturated carbocycles. The Morgan fingerprint density at radius 2 is 1.48 bits per heavy atom. The number of carbonyl (C=O) groups excluding carboxylic acids is 2. The van der Waals surface area contributed by atoms with Crippen molar-refractivity contribution in [3.05, 3.63) is 41.5 Å². The van der Waals surface area contributed by atoms with Gasteiger partial charge in [0, 0.05) is 34.1 Å². The maximum atomic E-state index is 13.2. The Labute approximate surface area is 186 Å². The Morgan fingerprint density at radius 3 is 2.19 bits per heavy atom. The molecule has 0 spiro atoms. The molecule has 0 aromatic heterocycles. The zero-order valence-corrected chi connectivity index (χ0v) is 19.3. The van der Waals surface area contributed by atoms with E-state index in [2.05, 4.69) is 38.1 Å². The topological polar surface area (TPSA) is 40.6 Å². The van der Waals surface area contributed by atoms with Crippen molar-refractivity contribution >= 4 is 28.3 Å². The molecule has 0 unspecified atom stereocenters. The van der Waals surface area contributed by atoms with Crippen LogP contribution in [0.25, 0.3) is 10.8 Å². The third kappa shape index (κ3) is 4.33. The van der Waals surface area contributed by atoms with Crippen LogP contribution in [0.3, 0.4) is 0 Å². The molecule has 31 heavy (non-hydrogen) atoms. The molecule has 2 aliphatic rings. The first-order chi connectivity index (χ1) is 14.9. The summed E-state index contributed by atoms with van der Waals surface area (Å²) in [6, 6.07) is 9.94. The summed E-state index contributed by atoms with van der Waals surface area (Å²) in [6.45, 7) is 6.87. The van der Waals surface area contributed by atoms with Gasteiger partial charge in [0.15, 0.2) is 0 Å². The summed E-state index contributed by atoms with van der Waals surface area (Å²) >= 11 is 0. The van der Waals surface area contributed by atoms with Gasteiger partial charge in [0.2, 0.25) is 0 Å². The van der Waals surface area contributed by atoms with Crippen LogP contribution in [0.15, 0.2) is 30.3 Å². The lowest BCUT2D eigenvalue weighted by Crippen LogP contribution is -2.55. The van der Waals surface area contributed by atoms with Gasteiger partial charge in [0.05, 0.1) is 40.3 Å². The quantitative estimate of drug-likeness (QED) is 0.352. The van der Waals surface area contributed by atoms with Gasteiger partial charge in [0.25, 0.3) is 11.8 Å². The van der Waals surface area contributed by atoms with Gasteiger partial charge < -0.3 is 9.38 Å². The second-order valence-electron chi connectivity index (χ2n) is 9.76. The predicted octanol–water partition coefficient (Wildman–Crippen LogP) is 4.69. The number of likely N-dealkylation sites (N-methyl/N-ethyl adjacent to an activating group) is 1. The maximum Gasteiger partial charge on any atom is 0.261 e. The SMILES string of the molecule is CCCCCCCCN1C(=O)c2cccc3c(N4CC[N+](C)(C)CC4)ccc(c23)C1=O. The molecule has 0 N–H and O–H groups in total.